The highest BCUT2D eigenvalue weighted by molar-refractivity contribution is 9.11. The number of hydrogen-bond acceptors (Lipinski definition) is 4. The fourth-order valence-electron chi connectivity index (χ4n) is 1.86. The second-order valence-electron chi connectivity index (χ2n) is 4.41. The van der Waals surface area contributed by atoms with E-state index in [-0.39, 0.29) is 12.5 Å². The Bertz CT molecular complexity index is 489. The largest absolute Gasteiger partial charge is 0.396 e. The maximum Gasteiger partial charge on any atom is 0.0701 e. The molecule has 2 heterocycles. The number of halogens is 1. The van der Waals surface area contributed by atoms with Gasteiger partial charge in [-0.15, -0.1) is 11.3 Å². The monoisotopic (exact) mass is 340 g/mol. The number of aliphatic hydroxyl groups excluding tert-OH is 1. The Balaban J connectivity index is 1.76. The van der Waals surface area contributed by atoms with Gasteiger partial charge < -0.3 is 10.4 Å². The molecule has 2 rings (SSSR count). The quantitative estimate of drug-likeness (QED) is 0.814. The van der Waals surface area contributed by atoms with Crippen LogP contribution >= 0.6 is 27.3 Å². The van der Waals surface area contributed by atoms with Crippen LogP contribution in [0.4, 0.5) is 0 Å². The van der Waals surface area contributed by atoms with Crippen LogP contribution in [0.3, 0.4) is 0 Å². The molecular formula is C14H17BrN2OS. The Morgan fingerprint density at radius 1 is 1.32 bits per heavy atom. The van der Waals surface area contributed by atoms with E-state index in [0.717, 1.165) is 29.0 Å². The van der Waals surface area contributed by atoms with Crippen molar-refractivity contribution in [3.63, 3.8) is 0 Å². The first kappa shape index (κ1) is 14.7. The molecule has 102 valence electrons. The number of thiophene rings is 1. The van der Waals surface area contributed by atoms with Crippen molar-refractivity contribution in [3.05, 3.63) is 50.9 Å². The van der Waals surface area contributed by atoms with Gasteiger partial charge in [0.15, 0.2) is 0 Å². The normalized spacial score (nSPS) is 12.5. The van der Waals surface area contributed by atoms with Crippen LogP contribution in [0.5, 0.6) is 0 Å². The van der Waals surface area contributed by atoms with E-state index in [4.69, 9.17) is 0 Å². The fraction of sp³-hybridized carbons (Fsp3) is 0.357. The Kier molecular flexibility index (Phi) is 5.97. The lowest BCUT2D eigenvalue weighted by Gasteiger charge is -2.14. The highest BCUT2D eigenvalue weighted by Crippen LogP contribution is 2.21. The van der Waals surface area contributed by atoms with Gasteiger partial charge in [-0.1, -0.05) is 6.07 Å². The first-order chi connectivity index (χ1) is 9.28. The summed E-state index contributed by atoms with van der Waals surface area (Å²) < 4.78 is 1.15. The van der Waals surface area contributed by atoms with Crippen molar-refractivity contribution in [2.75, 3.05) is 13.2 Å². The van der Waals surface area contributed by atoms with Crippen molar-refractivity contribution in [2.45, 2.75) is 13.0 Å². The second kappa shape index (κ2) is 7.75. The summed E-state index contributed by atoms with van der Waals surface area (Å²) in [5.74, 6) is 0.207. The molecule has 0 aliphatic heterocycles. The van der Waals surface area contributed by atoms with Crippen molar-refractivity contribution in [1.82, 2.24) is 10.3 Å². The van der Waals surface area contributed by atoms with E-state index in [1.807, 2.05) is 18.2 Å². The standard InChI is InChI=1S/C14H17BrN2OS/c15-14-5-4-13(19-14)9-16-8-11(10-18)7-12-3-1-2-6-17-12/h1-6,11,16,18H,7-10H2. The molecule has 19 heavy (non-hydrogen) atoms. The Morgan fingerprint density at radius 3 is 2.84 bits per heavy atom. The molecule has 0 saturated carbocycles. The number of rotatable bonds is 7. The molecule has 0 amide bonds. The Morgan fingerprint density at radius 2 is 2.21 bits per heavy atom. The summed E-state index contributed by atoms with van der Waals surface area (Å²) in [6.45, 7) is 1.81. The van der Waals surface area contributed by atoms with Gasteiger partial charge in [0.2, 0.25) is 0 Å². The summed E-state index contributed by atoms with van der Waals surface area (Å²) in [7, 11) is 0. The molecule has 2 aromatic rings. The minimum atomic E-state index is 0.178. The summed E-state index contributed by atoms with van der Waals surface area (Å²) >= 11 is 5.18. The Hall–Kier alpha value is -0.750. The SMILES string of the molecule is OCC(CNCc1ccc(Br)s1)Cc1ccccn1. The van der Waals surface area contributed by atoms with Gasteiger partial charge in [0.25, 0.3) is 0 Å². The zero-order valence-corrected chi connectivity index (χ0v) is 13.0. The summed E-state index contributed by atoms with van der Waals surface area (Å²) in [5, 5.41) is 12.8. The Labute approximate surface area is 125 Å². The third-order valence-electron chi connectivity index (χ3n) is 2.84. The molecule has 5 heteroatoms. The van der Waals surface area contributed by atoms with Gasteiger partial charge in [-0.25, -0.2) is 0 Å². The number of aromatic nitrogens is 1. The van der Waals surface area contributed by atoms with Gasteiger partial charge in [-0.2, -0.15) is 0 Å². The number of aliphatic hydroxyl groups is 1. The molecule has 0 radical (unpaired) electrons. The molecule has 0 spiro atoms. The van der Waals surface area contributed by atoms with Crippen LogP contribution < -0.4 is 5.32 Å². The lowest BCUT2D eigenvalue weighted by molar-refractivity contribution is 0.221. The van der Waals surface area contributed by atoms with E-state index in [1.165, 1.54) is 4.88 Å². The van der Waals surface area contributed by atoms with Gasteiger partial charge in [0.1, 0.15) is 0 Å². The number of hydrogen-bond donors (Lipinski definition) is 2. The zero-order chi connectivity index (χ0) is 13.5. The fourth-order valence-corrected chi connectivity index (χ4v) is 3.31. The van der Waals surface area contributed by atoms with Gasteiger partial charge in [-0.05, 0) is 52.5 Å². The van der Waals surface area contributed by atoms with Crippen LogP contribution in [-0.4, -0.2) is 23.2 Å². The number of pyridine rings is 1. The maximum atomic E-state index is 9.42. The van der Waals surface area contributed by atoms with Crippen molar-refractivity contribution < 1.29 is 5.11 Å². The van der Waals surface area contributed by atoms with Crippen LogP contribution in [-0.2, 0) is 13.0 Å². The van der Waals surface area contributed by atoms with Crippen molar-refractivity contribution in [1.29, 1.82) is 0 Å². The molecular weight excluding hydrogens is 324 g/mol. The van der Waals surface area contributed by atoms with Gasteiger partial charge in [0, 0.05) is 36.5 Å². The van der Waals surface area contributed by atoms with Crippen molar-refractivity contribution >= 4 is 27.3 Å². The zero-order valence-electron chi connectivity index (χ0n) is 10.6. The molecule has 0 bridgehead atoms. The van der Waals surface area contributed by atoms with Crippen molar-refractivity contribution in [2.24, 2.45) is 5.92 Å². The van der Waals surface area contributed by atoms with Crippen LogP contribution in [0.2, 0.25) is 0 Å². The summed E-state index contributed by atoms with van der Waals surface area (Å²) in [5.41, 5.74) is 1.03. The molecule has 1 atom stereocenters. The molecule has 3 nitrogen and oxygen atoms in total. The highest BCUT2D eigenvalue weighted by Gasteiger charge is 2.09. The third-order valence-corrected chi connectivity index (χ3v) is 4.47. The molecule has 0 aliphatic rings. The number of nitrogens with one attached hydrogen (secondary N) is 1. The minimum absolute atomic E-state index is 0.178. The van der Waals surface area contributed by atoms with Crippen LogP contribution in [0, 0.1) is 5.92 Å². The van der Waals surface area contributed by atoms with Gasteiger partial charge in [-0.3, -0.25) is 4.98 Å². The second-order valence-corrected chi connectivity index (χ2v) is 6.96. The average molecular weight is 341 g/mol. The first-order valence-corrected chi connectivity index (χ1v) is 7.84. The number of nitrogens with zero attached hydrogens (tertiary/aromatic N) is 1. The predicted octanol–water partition coefficient (Wildman–Crippen LogP) is 2.85. The summed E-state index contributed by atoms with van der Waals surface area (Å²) in [4.78, 5) is 5.59. The van der Waals surface area contributed by atoms with E-state index in [2.05, 4.69) is 38.4 Å². The molecule has 1 unspecified atom stereocenters. The minimum Gasteiger partial charge on any atom is -0.396 e. The summed E-state index contributed by atoms with van der Waals surface area (Å²) in [6, 6.07) is 10.0. The highest BCUT2D eigenvalue weighted by atomic mass is 79.9. The van der Waals surface area contributed by atoms with Gasteiger partial charge >= 0.3 is 0 Å². The van der Waals surface area contributed by atoms with Crippen LogP contribution in [0.25, 0.3) is 0 Å². The van der Waals surface area contributed by atoms with Gasteiger partial charge in [0.05, 0.1) is 3.79 Å². The van der Waals surface area contributed by atoms with Crippen LogP contribution in [0.15, 0.2) is 40.3 Å². The van der Waals surface area contributed by atoms with Crippen molar-refractivity contribution in [3.8, 4) is 0 Å². The van der Waals surface area contributed by atoms with E-state index in [1.54, 1.807) is 17.5 Å². The lowest BCUT2D eigenvalue weighted by atomic mass is 10.0. The smallest absolute Gasteiger partial charge is 0.0701 e. The molecule has 0 fully saturated rings. The van der Waals surface area contributed by atoms with E-state index < -0.39 is 0 Å². The van der Waals surface area contributed by atoms with E-state index in [0.29, 0.717) is 0 Å². The van der Waals surface area contributed by atoms with E-state index in [9.17, 15) is 5.11 Å². The lowest BCUT2D eigenvalue weighted by Crippen LogP contribution is -2.26. The third kappa shape index (κ3) is 5.03. The molecule has 0 saturated heterocycles. The summed E-state index contributed by atoms with van der Waals surface area (Å²) in [6.07, 6.45) is 2.60. The van der Waals surface area contributed by atoms with Crippen LogP contribution in [0.1, 0.15) is 10.6 Å². The maximum absolute atomic E-state index is 9.42. The first-order valence-electron chi connectivity index (χ1n) is 6.23. The molecule has 0 aromatic carbocycles. The molecule has 2 aromatic heterocycles. The van der Waals surface area contributed by atoms with E-state index >= 15 is 0 Å². The average Bonchev–Trinajstić information content (AvgIpc) is 2.84. The molecule has 0 aliphatic carbocycles. The predicted molar refractivity (Wildman–Crippen MR) is 82.2 cm³/mol. The topological polar surface area (TPSA) is 45.1 Å². The molecule has 2 N–H and O–H groups in total.